The van der Waals surface area contributed by atoms with Crippen molar-refractivity contribution in [2.24, 2.45) is 0 Å². The summed E-state index contributed by atoms with van der Waals surface area (Å²) in [7, 11) is 0. The number of aromatic nitrogens is 1. The van der Waals surface area contributed by atoms with Gasteiger partial charge in [0.25, 0.3) is 0 Å². The van der Waals surface area contributed by atoms with Gasteiger partial charge >= 0.3 is 6.03 Å². The van der Waals surface area contributed by atoms with Crippen molar-refractivity contribution in [3.8, 4) is 0 Å². The fourth-order valence-electron chi connectivity index (χ4n) is 3.06. The van der Waals surface area contributed by atoms with E-state index < -0.39 is 0 Å². The molecule has 0 aliphatic carbocycles. The van der Waals surface area contributed by atoms with Crippen LogP contribution in [0.4, 0.5) is 10.5 Å². The number of aryl methyl sites for hydroxylation is 1. The first kappa shape index (κ1) is 20.0. The lowest BCUT2D eigenvalue weighted by Gasteiger charge is -2.23. The molecule has 4 nitrogen and oxygen atoms in total. The van der Waals surface area contributed by atoms with Gasteiger partial charge in [-0.2, -0.15) is 0 Å². The lowest BCUT2D eigenvalue weighted by molar-refractivity contribution is 0.214. The Kier molecular flexibility index (Phi) is 6.71. The van der Waals surface area contributed by atoms with Gasteiger partial charge < -0.3 is 14.8 Å². The Morgan fingerprint density at radius 2 is 1.96 bits per heavy atom. The number of halogens is 1. The van der Waals surface area contributed by atoms with Crippen molar-refractivity contribution >= 4 is 27.6 Å². The van der Waals surface area contributed by atoms with Gasteiger partial charge in [-0.1, -0.05) is 51.8 Å². The van der Waals surface area contributed by atoms with Crippen LogP contribution in [0.5, 0.6) is 0 Å². The van der Waals surface area contributed by atoms with Gasteiger partial charge in [-0.05, 0) is 48.9 Å². The Morgan fingerprint density at radius 1 is 1.18 bits per heavy atom. The molecule has 28 heavy (non-hydrogen) atoms. The molecule has 0 spiro atoms. The third-order valence-corrected chi connectivity index (χ3v) is 4.97. The number of hydrogen-bond acceptors (Lipinski definition) is 1. The highest BCUT2D eigenvalue weighted by molar-refractivity contribution is 9.10. The number of carbonyl (C=O) groups is 1. The summed E-state index contributed by atoms with van der Waals surface area (Å²) in [6.07, 6.45) is 3.80. The predicted molar refractivity (Wildman–Crippen MR) is 118 cm³/mol. The number of benzene rings is 2. The summed E-state index contributed by atoms with van der Waals surface area (Å²) < 4.78 is 3.15. The summed E-state index contributed by atoms with van der Waals surface area (Å²) in [4.78, 5) is 14.5. The van der Waals surface area contributed by atoms with Crippen molar-refractivity contribution in [2.45, 2.75) is 20.0 Å². The third-order valence-electron chi connectivity index (χ3n) is 4.44. The second kappa shape index (κ2) is 9.42. The topological polar surface area (TPSA) is 37.3 Å². The SMILES string of the molecule is C=CCN(Cc1cccn1Cc1cccc(C)c1)C(=O)Nc1ccc(Br)cc1. The molecule has 0 bridgehead atoms. The average Bonchev–Trinajstić information content (AvgIpc) is 3.10. The molecule has 3 aromatic rings. The molecule has 0 saturated carbocycles. The number of hydrogen-bond donors (Lipinski definition) is 1. The van der Waals surface area contributed by atoms with Crippen LogP contribution in [0.15, 0.2) is 84.0 Å². The van der Waals surface area contributed by atoms with Gasteiger partial charge in [-0.25, -0.2) is 4.79 Å². The second-order valence-electron chi connectivity index (χ2n) is 6.72. The Morgan fingerprint density at radius 3 is 2.68 bits per heavy atom. The lowest BCUT2D eigenvalue weighted by Crippen LogP contribution is -2.35. The summed E-state index contributed by atoms with van der Waals surface area (Å²) in [6, 6.07) is 19.9. The molecule has 0 unspecified atom stereocenters. The summed E-state index contributed by atoms with van der Waals surface area (Å²) in [5, 5.41) is 2.95. The van der Waals surface area contributed by atoms with E-state index in [0.717, 1.165) is 22.4 Å². The smallest absolute Gasteiger partial charge is 0.322 e. The molecular weight excluding hydrogens is 414 g/mol. The molecule has 0 saturated heterocycles. The van der Waals surface area contributed by atoms with E-state index in [1.165, 1.54) is 11.1 Å². The Labute approximate surface area is 174 Å². The van der Waals surface area contributed by atoms with Gasteiger partial charge in [0.2, 0.25) is 0 Å². The maximum absolute atomic E-state index is 12.8. The first-order chi connectivity index (χ1) is 13.5. The molecule has 0 fully saturated rings. The van der Waals surface area contributed by atoms with Crippen LogP contribution in [-0.2, 0) is 13.1 Å². The number of rotatable bonds is 7. The highest BCUT2D eigenvalue weighted by atomic mass is 79.9. The number of carbonyl (C=O) groups excluding carboxylic acids is 1. The number of nitrogens with one attached hydrogen (secondary N) is 1. The van der Waals surface area contributed by atoms with Gasteiger partial charge in [0.15, 0.2) is 0 Å². The quantitative estimate of drug-likeness (QED) is 0.464. The van der Waals surface area contributed by atoms with Gasteiger partial charge in [0, 0.05) is 35.1 Å². The van der Waals surface area contributed by atoms with Gasteiger partial charge in [-0.3, -0.25) is 0 Å². The molecule has 3 rings (SSSR count). The fourth-order valence-corrected chi connectivity index (χ4v) is 3.33. The molecule has 1 aromatic heterocycles. The largest absolute Gasteiger partial charge is 0.345 e. The summed E-state index contributed by atoms with van der Waals surface area (Å²) in [5.74, 6) is 0. The van der Waals surface area contributed by atoms with E-state index in [9.17, 15) is 4.79 Å². The second-order valence-corrected chi connectivity index (χ2v) is 7.64. The van der Waals surface area contributed by atoms with Gasteiger partial charge in [-0.15, -0.1) is 6.58 Å². The minimum Gasteiger partial charge on any atom is -0.345 e. The molecule has 0 aliphatic heterocycles. The average molecular weight is 438 g/mol. The Balaban J connectivity index is 1.72. The zero-order chi connectivity index (χ0) is 19.9. The molecule has 2 amide bonds. The van der Waals surface area contributed by atoms with E-state index in [2.05, 4.69) is 75.8 Å². The predicted octanol–water partition coefficient (Wildman–Crippen LogP) is 5.83. The fraction of sp³-hybridized carbons (Fsp3) is 0.174. The molecular formula is C23H24BrN3O. The normalized spacial score (nSPS) is 10.5. The first-order valence-electron chi connectivity index (χ1n) is 9.17. The monoisotopic (exact) mass is 437 g/mol. The van der Waals surface area contributed by atoms with E-state index in [4.69, 9.17) is 0 Å². The molecule has 2 aromatic carbocycles. The highest BCUT2D eigenvalue weighted by Gasteiger charge is 2.15. The Hall–Kier alpha value is -2.79. The molecule has 144 valence electrons. The zero-order valence-electron chi connectivity index (χ0n) is 15.9. The molecule has 0 aliphatic rings. The highest BCUT2D eigenvalue weighted by Crippen LogP contribution is 2.16. The number of nitrogens with zero attached hydrogens (tertiary/aromatic N) is 2. The first-order valence-corrected chi connectivity index (χ1v) is 9.96. The lowest BCUT2D eigenvalue weighted by atomic mass is 10.1. The van der Waals surface area contributed by atoms with Crippen LogP contribution in [0.1, 0.15) is 16.8 Å². The molecule has 1 heterocycles. The molecule has 0 radical (unpaired) electrons. The summed E-state index contributed by atoms with van der Waals surface area (Å²) in [6.45, 7) is 7.65. The van der Waals surface area contributed by atoms with E-state index in [0.29, 0.717) is 13.1 Å². The van der Waals surface area contributed by atoms with Crippen molar-refractivity contribution in [3.63, 3.8) is 0 Å². The van der Waals surface area contributed by atoms with Crippen molar-refractivity contribution in [2.75, 3.05) is 11.9 Å². The van der Waals surface area contributed by atoms with Gasteiger partial charge in [0.05, 0.1) is 6.54 Å². The minimum atomic E-state index is -0.148. The van der Waals surface area contributed by atoms with Crippen LogP contribution in [-0.4, -0.2) is 22.0 Å². The maximum atomic E-state index is 12.8. The van der Waals surface area contributed by atoms with Crippen molar-refractivity contribution in [1.29, 1.82) is 0 Å². The van der Waals surface area contributed by atoms with E-state index in [-0.39, 0.29) is 6.03 Å². The van der Waals surface area contributed by atoms with E-state index >= 15 is 0 Å². The van der Waals surface area contributed by atoms with Gasteiger partial charge in [0.1, 0.15) is 0 Å². The summed E-state index contributed by atoms with van der Waals surface area (Å²) in [5.41, 5.74) is 4.33. The van der Waals surface area contributed by atoms with Crippen LogP contribution >= 0.6 is 15.9 Å². The van der Waals surface area contributed by atoms with Crippen LogP contribution in [0.3, 0.4) is 0 Å². The Bertz CT molecular complexity index is 946. The van der Waals surface area contributed by atoms with E-state index in [1.54, 1.807) is 11.0 Å². The summed E-state index contributed by atoms with van der Waals surface area (Å²) >= 11 is 3.41. The zero-order valence-corrected chi connectivity index (χ0v) is 17.5. The molecule has 0 atom stereocenters. The van der Waals surface area contributed by atoms with Crippen molar-refractivity contribution in [1.82, 2.24) is 9.47 Å². The van der Waals surface area contributed by atoms with E-state index in [1.807, 2.05) is 30.3 Å². The van der Waals surface area contributed by atoms with Crippen LogP contribution in [0.2, 0.25) is 0 Å². The van der Waals surface area contributed by atoms with Crippen LogP contribution < -0.4 is 5.32 Å². The maximum Gasteiger partial charge on any atom is 0.322 e. The number of anilines is 1. The van der Waals surface area contributed by atoms with Crippen molar-refractivity contribution < 1.29 is 4.79 Å². The molecule has 1 N–H and O–H groups in total. The van der Waals surface area contributed by atoms with Crippen LogP contribution in [0.25, 0.3) is 0 Å². The van der Waals surface area contributed by atoms with Crippen molar-refractivity contribution in [3.05, 3.63) is 101 Å². The third kappa shape index (κ3) is 5.36. The van der Waals surface area contributed by atoms with Crippen LogP contribution in [0, 0.1) is 6.92 Å². The molecule has 5 heteroatoms. The standard InChI is InChI=1S/C23H24BrN3O/c1-3-13-27(23(28)25-21-11-9-20(24)10-12-21)17-22-8-5-14-26(22)16-19-7-4-6-18(2)15-19/h3-12,14-15H,1,13,16-17H2,2H3,(H,25,28). The number of urea groups is 1. The minimum absolute atomic E-state index is 0.148. The number of amides is 2.